The van der Waals surface area contributed by atoms with Crippen LogP contribution in [-0.2, 0) is 39.9 Å². The summed E-state index contributed by atoms with van der Waals surface area (Å²) in [5.74, 6) is -1.97. The lowest BCUT2D eigenvalue weighted by Gasteiger charge is -2.30. The fourth-order valence-corrected chi connectivity index (χ4v) is 5.75. The molecule has 0 fully saturated rings. The average molecular weight is 669 g/mol. The van der Waals surface area contributed by atoms with Gasteiger partial charge in [-0.1, -0.05) is 84.4 Å². The maximum atomic E-state index is 13.8. The van der Waals surface area contributed by atoms with Crippen LogP contribution < -0.4 is 10.6 Å². The summed E-state index contributed by atoms with van der Waals surface area (Å²) >= 11 is 0. The van der Waals surface area contributed by atoms with Crippen LogP contribution in [0.2, 0.25) is 0 Å². The molecule has 1 heterocycles. The van der Waals surface area contributed by atoms with Gasteiger partial charge < -0.3 is 20.1 Å². The van der Waals surface area contributed by atoms with E-state index in [2.05, 4.69) is 10.6 Å². The molecule has 11 heteroatoms. The van der Waals surface area contributed by atoms with Gasteiger partial charge in [-0.3, -0.25) is 33.8 Å². The van der Waals surface area contributed by atoms with Crippen LogP contribution in [0.3, 0.4) is 0 Å². The van der Waals surface area contributed by atoms with E-state index in [0.717, 1.165) is 16.9 Å². The van der Waals surface area contributed by atoms with Gasteiger partial charge in [0.05, 0.1) is 19.2 Å². The number of esters is 1. The maximum Gasteiger partial charge on any atom is 0.324 e. The Kier molecular flexibility index (Phi) is 16.0. The van der Waals surface area contributed by atoms with Crippen LogP contribution in [0.5, 0.6) is 0 Å². The highest BCUT2D eigenvalue weighted by molar-refractivity contribution is 6.07. The number of likely N-dealkylation sites (N-methyl/N-ethyl adjacent to an activating group) is 1. The molecule has 1 aromatic rings. The number of carbonyl (C=O) groups excluding carboxylic acids is 5. The van der Waals surface area contributed by atoms with E-state index in [1.54, 1.807) is 17.9 Å². The molecule has 1 aromatic carbocycles. The zero-order valence-corrected chi connectivity index (χ0v) is 30.3. The van der Waals surface area contributed by atoms with E-state index in [9.17, 15) is 24.0 Å². The van der Waals surface area contributed by atoms with E-state index >= 15 is 0 Å². The number of nitrogens with one attached hydrogen (secondary N) is 2. The first-order valence-electron chi connectivity index (χ1n) is 16.9. The number of methoxy groups -OCH3 is 1. The van der Waals surface area contributed by atoms with Crippen LogP contribution in [0.1, 0.15) is 73.3 Å². The SMILES string of the molecule is CCC(C)C(C(=O)OC(CC(C)C)C(=O)NC(CC(C)C)C(=O)NC(C=CC(=O)N1C(=O)C=C(OC)C1C)Cc1ccccc1)N(C)C. The highest BCUT2D eigenvalue weighted by Gasteiger charge is 2.36. The molecule has 0 bridgehead atoms. The van der Waals surface area contributed by atoms with E-state index in [1.807, 2.05) is 86.0 Å². The van der Waals surface area contributed by atoms with Crippen LogP contribution >= 0.6 is 0 Å². The van der Waals surface area contributed by atoms with Gasteiger partial charge in [0, 0.05) is 12.2 Å². The summed E-state index contributed by atoms with van der Waals surface area (Å²) in [6.07, 6.45) is 4.80. The number of benzene rings is 1. The van der Waals surface area contributed by atoms with Crippen molar-refractivity contribution in [2.45, 2.75) is 104 Å². The normalized spacial score (nSPS) is 18.0. The van der Waals surface area contributed by atoms with Crippen LogP contribution in [-0.4, -0.2) is 90.9 Å². The summed E-state index contributed by atoms with van der Waals surface area (Å²) in [5, 5.41) is 5.86. The molecule has 0 saturated heterocycles. The van der Waals surface area contributed by atoms with Crippen LogP contribution in [0, 0.1) is 17.8 Å². The molecule has 2 rings (SSSR count). The Labute approximate surface area is 286 Å². The van der Waals surface area contributed by atoms with Crippen LogP contribution in [0.15, 0.2) is 54.3 Å². The van der Waals surface area contributed by atoms with Crippen molar-refractivity contribution in [1.29, 1.82) is 0 Å². The fourth-order valence-electron chi connectivity index (χ4n) is 5.75. The molecule has 1 aliphatic rings. The lowest BCUT2D eigenvalue weighted by molar-refractivity contribution is -0.163. The van der Waals surface area contributed by atoms with E-state index in [4.69, 9.17) is 9.47 Å². The van der Waals surface area contributed by atoms with Gasteiger partial charge >= 0.3 is 5.97 Å². The molecule has 48 heavy (non-hydrogen) atoms. The number of carbonyl (C=O) groups is 5. The zero-order valence-electron chi connectivity index (χ0n) is 30.3. The van der Waals surface area contributed by atoms with Gasteiger partial charge in [0.15, 0.2) is 6.10 Å². The minimum Gasteiger partial charge on any atom is -0.499 e. The molecule has 0 spiro atoms. The van der Waals surface area contributed by atoms with E-state index in [1.165, 1.54) is 19.3 Å². The minimum atomic E-state index is -1.07. The Morgan fingerprint density at radius 2 is 1.58 bits per heavy atom. The Balaban J connectivity index is 2.31. The molecule has 6 atom stereocenters. The molecule has 0 aliphatic carbocycles. The maximum absolute atomic E-state index is 13.8. The van der Waals surface area contributed by atoms with Crippen LogP contribution in [0.4, 0.5) is 0 Å². The molecular formula is C37H56N4O7. The monoisotopic (exact) mass is 668 g/mol. The summed E-state index contributed by atoms with van der Waals surface area (Å²) in [5.41, 5.74) is 0.916. The summed E-state index contributed by atoms with van der Waals surface area (Å²) in [6, 6.07) is 6.82. The quantitative estimate of drug-likeness (QED) is 0.177. The molecule has 2 N–H and O–H groups in total. The molecule has 11 nitrogen and oxygen atoms in total. The van der Waals surface area contributed by atoms with E-state index in [-0.39, 0.29) is 17.8 Å². The number of amides is 4. The Morgan fingerprint density at radius 1 is 0.958 bits per heavy atom. The fraction of sp³-hybridized carbons (Fsp3) is 0.595. The van der Waals surface area contributed by atoms with Gasteiger partial charge in [0.25, 0.3) is 17.7 Å². The molecule has 4 amide bonds. The van der Waals surface area contributed by atoms with E-state index < -0.39 is 59.9 Å². The number of ether oxygens (including phenoxy) is 2. The molecule has 0 saturated carbocycles. The first-order chi connectivity index (χ1) is 22.6. The second-order valence-corrected chi connectivity index (χ2v) is 13.7. The number of imide groups is 1. The van der Waals surface area contributed by atoms with Crippen molar-refractivity contribution in [3.63, 3.8) is 0 Å². The molecule has 1 aliphatic heterocycles. The zero-order chi connectivity index (χ0) is 36.1. The summed E-state index contributed by atoms with van der Waals surface area (Å²) in [6.45, 7) is 13.4. The van der Waals surface area contributed by atoms with Crippen molar-refractivity contribution in [1.82, 2.24) is 20.4 Å². The minimum absolute atomic E-state index is 0.0151. The predicted octanol–water partition coefficient (Wildman–Crippen LogP) is 4.02. The van der Waals surface area contributed by atoms with Gasteiger partial charge in [-0.15, -0.1) is 0 Å². The number of hydrogen-bond acceptors (Lipinski definition) is 8. The van der Waals surface area contributed by atoms with Gasteiger partial charge in [-0.25, -0.2) is 0 Å². The second-order valence-electron chi connectivity index (χ2n) is 13.7. The molecule has 6 unspecified atom stereocenters. The lowest BCUT2D eigenvalue weighted by Crippen LogP contribution is -2.53. The summed E-state index contributed by atoms with van der Waals surface area (Å²) in [4.78, 5) is 69.3. The van der Waals surface area contributed by atoms with E-state index in [0.29, 0.717) is 25.0 Å². The largest absolute Gasteiger partial charge is 0.499 e. The smallest absolute Gasteiger partial charge is 0.324 e. The van der Waals surface area contributed by atoms with Crippen molar-refractivity contribution >= 4 is 29.6 Å². The van der Waals surface area contributed by atoms with Crippen molar-refractivity contribution < 1.29 is 33.4 Å². The van der Waals surface area contributed by atoms with Crippen molar-refractivity contribution in [2.24, 2.45) is 17.8 Å². The standard InChI is InChI=1S/C37H56N4O7/c1-11-25(6)34(40(8)9)37(46)48-31(20-24(4)5)36(45)39-29(19-23(2)3)35(44)38-28(21-27-15-13-12-14-16-27)17-18-32(42)41-26(7)30(47-10)22-33(41)43/h12-18,22-26,28-29,31,34H,11,19-21H2,1-10H3,(H,38,44)(H,39,45). The van der Waals surface area contributed by atoms with Crippen molar-refractivity contribution in [3.05, 3.63) is 59.9 Å². The highest BCUT2D eigenvalue weighted by atomic mass is 16.5. The number of nitrogens with zero attached hydrogens (tertiary/aromatic N) is 2. The van der Waals surface area contributed by atoms with Crippen LogP contribution in [0.25, 0.3) is 0 Å². The molecule has 0 aromatic heterocycles. The van der Waals surface area contributed by atoms with Crippen molar-refractivity contribution in [3.8, 4) is 0 Å². The topological polar surface area (TPSA) is 134 Å². The Bertz CT molecular complexity index is 1310. The highest BCUT2D eigenvalue weighted by Crippen LogP contribution is 2.21. The summed E-state index contributed by atoms with van der Waals surface area (Å²) in [7, 11) is 5.06. The number of hydrogen-bond donors (Lipinski definition) is 2. The first-order valence-corrected chi connectivity index (χ1v) is 16.9. The second kappa shape index (κ2) is 19.1. The van der Waals surface area contributed by atoms with Gasteiger partial charge in [-0.05, 0) is 63.6 Å². The predicted molar refractivity (Wildman–Crippen MR) is 185 cm³/mol. The third kappa shape index (κ3) is 11.9. The first kappa shape index (κ1) is 40.2. The molecule has 0 radical (unpaired) electrons. The third-order valence-electron chi connectivity index (χ3n) is 8.43. The Morgan fingerprint density at radius 3 is 2.10 bits per heavy atom. The average Bonchev–Trinajstić information content (AvgIpc) is 3.31. The van der Waals surface area contributed by atoms with Gasteiger partial charge in [0.2, 0.25) is 5.91 Å². The lowest BCUT2D eigenvalue weighted by atomic mass is 9.98. The van der Waals surface area contributed by atoms with Gasteiger partial charge in [-0.2, -0.15) is 0 Å². The molecular weight excluding hydrogens is 612 g/mol. The third-order valence-corrected chi connectivity index (χ3v) is 8.43. The summed E-state index contributed by atoms with van der Waals surface area (Å²) < 4.78 is 11.1. The van der Waals surface area contributed by atoms with Crippen molar-refractivity contribution in [2.75, 3.05) is 21.2 Å². The molecule has 266 valence electrons. The number of rotatable bonds is 18. The van der Waals surface area contributed by atoms with Gasteiger partial charge in [0.1, 0.15) is 17.8 Å². The Hall–Kier alpha value is -3.99.